The Morgan fingerprint density at radius 1 is 1.40 bits per heavy atom. The molecule has 0 saturated carbocycles. The largest absolute Gasteiger partial charge is 0.511 e. The zero-order valence-corrected chi connectivity index (χ0v) is 11.7. The number of hydrogen-bond donors (Lipinski definition) is 2. The van der Waals surface area contributed by atoms with Crippen LogP contribution in [0.1, 0.15) is 18.9 Å². The molecule has 0 fully saturated rings. The molecule has 0 saturated heterocycles. The molecule has 1 unspecified atom stereocenters. The molecule has 0 aliphatic heterocycles. The van der Waals surface area contributed by atoms with Gasteiger partial charge in [0.1, 0.15) is 17.1 Å². The Hall–Kier alpha value is -2.30. The highest BCUT2D eigenvalue weighted by atomic mass is 16.5. The van der Waals surface area contributed by atoms with E-state index in [0.717, 1.165) is 5.56 Å². The highest BCUT2D eigenvalue weighted by Gasteiger charge is 2.45. The molecule has 106 valence electrons. The number of carbonyl (C=O) groups excluding carboxylic acids is 1. The summed E-state index contributed by atoms with van der Waals surface area (Å²) in [5, 5.41) is 18.2. The minimum absolute atomic E-state index is 0.0437. The quantitative estimate of drug-likeness (QED) is 0.830. The van der Waals surface area contributed by atoms with E-state index in [1.54, 1.807) is 13.2 Å². The molecule has 0 bridgehead atoms. The smallest absolute Gasteiger partial charge is 0.343 e. The first kappa shape index (κ1) is 14.1. The van der Waals surface area contributed by atoms with Crippen molar-refractivity contribution in [3.8, 4) is 5.75 Å². The number of nitrogens with one attached hydrogen (secondary N) is 1. The van der Waals surface area contributed by atoms with E-state index in [1.807, 2.05) is 25.1 Å². The summed E-state index contributed by atoms with van der Waals surface area (Å²) in [6.45, 7) is 1.82. The minimum Gasteiger partial charge on any atom is -0.511 e. The summed E-state index contributed by atoms with van der Waals surface area (Å²) < 4.78 is 9.81. The molecule has 1 atom stereocenters. The van der Waals surface area contributed by atoms with E-state index in [-0.39, 0.29) is 23.5 Å². The van der Waals surface area contributed by atoms with E-state index in [1.165, 1.54) is 7.11 Å². The second-order valence-electron chi connectivity index (χ2n) is 4.93. The SMILES string of the molecule is COC(=O)C1=C(O)CC(C)(c2cccc(OC)c2)C1=N. The highest BCUT2D eigenvalue weighted by Crippen LogP contribution is 2.41. The second kappa shape index (κ2) is 5.00. The predicted molar refractivity (Wildman–Crippen MR) is 74.4 cm³/mol. The Morgan fingerprint density at radius 3 is 2.70 bits per heavy atom. The van der Waals surface area contributed by atoms with Crippen LogP contribution in [0.2, 0.25) is 0 Å². The van der Waals surface area contributed by atoms with Crippen LogP contribution < -0.4 is 4.74 Å². The second-order valence-corrected chi connectivity index (χ2v) is 4.93. The lowest BCUT2D eigenvalue weighted by molar-refractivity contribution is -0.135. The number of methoxy groups -OCH3 is 2. The van der Waals surface area contributed by atoms with Gasteiger partial charge in [-0.05, 0) is 24.6 Å². The number of esters is 1. The Kier molecular flexibility index (Phi) is 3.53. The van der Waals surface area contributed by atoms with Gasteiger partial charge in [-0.25, -0.2) is 4.79 Å². The lowest BCUT2D eigenvalue weighted by Crippen LogP contribution is -2.30. The molecular weight excluding hydrogens is 258 g/mol. The number of ether oxygens (including phenoxy) is 2. The van der Waals surface area contributed by atoms with Crippen LogP contribution in [-0.2, 0) is 14.9 Å². The third-order valence-corrected chi connectivity index (χ3v) is 3.71. The van der Waals surface area contributed by atoms with Crippen LogP contribution in [0.15, 0.2) is 35.6 Å². The number of hydrogen-bond acceptors (Lipinski definition) is 5. The van der Waals surface area contributed by atoms with Crippen LogP contribution in [0.25, 0.3) is 0 Å². The molecule has 2 rings (SSSR count). The van der Waals surface area contributed by atoms with Gasteiger partial charge < -0.3 is 20.0 Å². The fourth-order valence-electron chi connectivity index (χ4n) is 2.47. The summed E-state index contributed by atoms with van der Waals surface area (Å²) in [6.07, 6.45) is 0.198. The summed E-state index contributed by atoms with van der Waals surface area (Å²) in [7, 11) is 2.80. The van der Waals surface area contributed by atoms with E-state index in [0.29, 0.717) is 5.75 Å². The molecule has 1 aromatic carbocycles. The summed E-state index contributed by atoms with van der Waals surface area (Å²) in [6, 6.07) is 7.28. The summed E-state index contributed by atoms with van der Waals surface area (Å²) in [4.78, 5) is 11.7. The van der Waals surface area contributed by atoms with Crippen molar-refractivity contribution in [2.24, 2.45) is 0 Å². The Morgan fingerprint density at radius 2 is 2.10 bits per heavy atom. The van der Waals surface area contributed by atoms with E-state index in [4.69, 9.17) is 10.1 Å². The molecule has 0 aromatic heterocycles. The first-order valence-corrected chi connectivity index (χ1v) is 6.18. The molecule has 20 heavy (non-hydrogen) atoms. The fraction of sp³-hybridized carbons (Fsp3) is 0.333. The number of benzene rings is 1. The molecule has 0 heterocycles. The zero-order valence-electron chi connectivity index (χ0n) is 11.7. The molecule has 5 nitrogen and oxygen atoms in total. The van der Waals surface area contributed by atoms with Gasteiger partial charge in [0.15, 0.2) is 0 Å². The van der Waals surface area contributed by atoms with Crippen molar-refractivity contribution in [3.05, 3.63) is 41.2 Å². The van der Waals surface area contributed by atoms with Crippen molar-refractivity contribution in [1.82, 2.24) is 0 Å². The number of carbonyl (C=O) groups is 1. The van der Waals surface area contributed by atoms with Crippen LogP contribution in [0, 0.1) is 5.41 Å². The summed E-state index contributed by atoms with van der Waals surface area (Å²) in [5.74, 6) is -0.117. The Balaban J connectivity index is 2.44. The van der Waals surface area contributed by atoms with Crippen molar-refractivity contribution in [3.63, 3.8) is 0 Å². The van der Waals surface area contributed by atoms with Crippen molar-refractivity contribution >= 4 is 11.7 Å². The fourth-order valence-corrected chi connectivity index (χ4v) is 2.47. The van der Waals surface area contributed by atoms with E-state index in [9.17, 15) is 9.90 Å². The van der Waals surface area contributed by atoms with Crippen LogP contribution in [0.3, 0.4) is 0 Å². The molecule has 1 aliphatic rings. The maximum absolute atomic E-state index is 11.7. The minimum atomic E-state index is -0.762. The topological polar surface area (TPSA) is 79.6 Å². The third-order valence-electron chi connectivity index (χ3n) is 3.71. The van der Waals surface area contributed by atoms with Gasteiger partial charge in [0.05, 0.1) is 19.9 Å². The van der Waals surface area contributed by atoms with Gasteiger partial charge >= 0.3 is 5.97 Å². The Labute approximate surface area is 117 Å². The molecule has 0 amide bonds. The van der Waals surface area contributed by atoms with Crippen LogP contribution in [0.5, 0.6) is 5.75 Å². The highest BCUT2D eigenvalue weighted by molar-refractivity contribution is 6.24. The lowest BCUT2D eigenvalue weighted by Gasteiger charge is -2.25. The zero-order chi connectivity index (χ0) is 14.9. The van der Waals surface area contributed by atoms with Crippen molar-refractivity contribution in [2.45, 2.75) is 18.8 Å². The van der Waals surface area contributed by atoms with Crippen LogP contribution in [-0.4, -0.2) is 31.0 Å². The number of rotatable bonds is 3. The maximum Gasteiger partial charge on any atom is 0.343 e. The van der Waals surface area contributed by atoms with Crippen molar-refractivity contribution in [2.75, 3.05) is 14.2 Å². The predicted octanol–water partition coefficient (Wildman–Crippen LogP) is 2.36. The number of aliphatic hydroxyl groups is 1. The summed E-state index contributed by atoms with van der Waals surface area (Å²) in [5.41, 5.74) is 0.0718. The van der Waals surface area contributed by atoms with Gasteiger partial charge in [-0.1, -0.05) is 12.1 Å². The number of allylic oxidation sites excluding steroid dienone is 1. The maximum atomic E-state index is 11.7. The van der Waals surface area contributed by atoms with Gasteiger partial charge in [-0.3, -0.25) is 0 Å². The molecule has 0 radical (unpaired) electrons. The molecule has 2 N–H and O–H groups in total. The molecule has 5 heteroatoms. The summed E-state index contributed by atoms with van der Waals surface area (Å²) >= 11 is 0. The molecule has 1 aliphatic carbocycles. The third kappa shape index (κ3) is 2.05. The van der Waals surface area contributed by atoms with Gasteiger partial charge in [0.25, 0.3) is 0 Å². The normalized spacial score (nSPS) is 22.1. The van der Waals surface area contributed by atoms with Gasteiger partial charge in [-0.15, -0.1) is 0 Å². The molecular formula is C15H17NO4. The number of aliphatic hydroxyl groups excluding tert-OH is 1. The Bertz CT molecular complexity index is 606. The monoisotopic (exact) mass is 275 g/mol. The van der Waals surface area contributed by atoms with Crippen LogP contribution >= 0.6 is 0 Å². The van der Waals surface area contributed by atoms with Crippen molar-refractivity contribution < 1.29 is 19.4 Å². The molecule has 1 aromatic rings. The molecule has 0 spiro atoms. The average molecular weight is 275 g/mol. The average Bonchev–Trinajstić information content (AvgIpc) is 2.69. The first-order valence-electron chi connectivity index (χ1n) is 6.18. The van der Waals surface area contributed by atoms with E-state index in [2.05, 4.69) is 4.74 Å². The van der Waals surface area contributed by atoms with Gasteiger partial charge in [0.2, 0.25) is 0 Å². The van der Waals surface area contributed by atoms with Crippen LogP contribution in [0.4, 0.5) is 0 Å². The van der Waals surface area contributed by atoms with E-state index >= 15 is 0 Å². The van der Waals surface area contributed by atoms with Gasteiger partial charge in [-0.2, -0.15) is 0 Å². The van der Waals surface area contributed by atoms with E-state index < -0.39 is 11.4 Å². The first-order chi connectivity index (χ1) is 9.43. The van der Waals surface area contributed by atoms with Gasteiger partial charge in [0, 0.05) is 11.8 Å². The lowest BCUT2D eigenvalue weighted by atomic mass is 9.78. The van der Waals surface area contributed by atoms with Crippen molar-refractivity contribution in [1.29, 1.82) is 5.41 Å². The standard InChI is InChI=1S/C15H17NO4/c1-15(9-5-4-6-10(7-9)19-2)8-11(17)12(13(15)16)14(18)20-3/h4-7,16-17H,8H2,1-3H3.